The molecule has 1 aromatic carbocycles. The molecule has 21 heavy (non-hydrogen) atoms. The second kappa shape index (κ2) is 6.44. The van der Waals surface area contributed by atoms with E-state index in [-0.39, 0.29) is 11.9 Å². The van der Waals surface area contributed by atoms with Gasteiger partial charge in [0.2, 0.25) is 0 Å². The van der Waals surface area contributed by atoms with Crippen LogP contribution in [0, 0.1) is 0 Å². The van der Waals surface area contributed by atoms with E-state index in [2.05, 4.69) is 42.2 Å². The maximum atomic E-state index is 12.8. The highest BCUT2D eigenvalue weighted by Gasteiger charge is 2.28. The summed E-state index contributed by atoms with van der Waals surface area (Å²) < 4.78 is 0. The van der Waals surface area contributed by atoms with E-state index in [1.54, 1.807) is 11.3 Å². The predicted octanol–water partition coefficient (Wildman–Crippen LogP) is 4.68. The molecule has 3 rings (SSSR count). The molecular weight excluding hydrogens is 278 g/mol. The Morgan fingerprint density at radius 1 is 1.29 bits per heavy atom. The van der Waals surface area contributed by atoms with Gasteiger partial charge >= 0.3 is 0 Å². The zero-order chi connectivity index (χ0) is 14.7. The molecule has 1 amide bonds. The SMILES string of the molecule is CCc1cc(C(=O)N2CCCCC2c2ccccc2)cs1. The highest BCUT2D eigenvalue weighted by molar-refractivity contribution is 7.10. The summed E-state index contributed by atoms with van der Waals surface area (Å²) in [7, 11) is 0. The summed E-state index contributed by atoms with van der Waals surface area (Å²) in [6, 6.07) is 12.7. The van der Waals surface area contributed by atoms with Crippen LogP contribution in [0.5, 0.6) is 0 Å². The monoisotopic (exact) mass is 299 g/mol. The summed E-state index contributed by atoms with van der Waals surface area (Å²) in [6.07, 6.45) is 4.38. The van der Waals surface area contributed by atoms with Crippen LogP contribution >= 0.6 is 11.3 Å². The van der Waals surface area contributed by atoms with E-state index < -0.39 is 0 Å². The lowest BCUT2D eigenvalue weighted by Crippen LogP contribution is -2.38. The van der Waals surface area contributed by atoms with Crippen LogP contribution in [0.1, 0.15) is 53.0 Å². The number of thiophene rings is 1. The topological polar surface area (TPSA) is 20.3 Å². The van der Waals surface area contributed by atoms with Crippen LogP contribution in [-0.4, -0.2) is 17.4 Å². The maximum absolute atomic E-state index is 12.8. The summed E-state index contributed by atoms with van der Waals surface area (Å²) in [6.45, 7) is 3.00. The zero-order valence-corrected chi connectivity index (χ0v) is 13.2. The van der Waals surface area contributed by atoms with E-state index in [0.717, 1.165) is 31.4 Å². The molecule has 0 radical (unpaired) electrons. The molecule has 0 bridgehead atoms. The second-order valence-corrected chi connectivity index (χ2v) is 6.57. The Hall–Kier alpha value is -1.61. The standard InChI is InChI=1S/C18H21NOS/c1-2-16-12-15(13-21-16)18(20)19-11-7-6-10-17(19)14-8-4-3-5-9-14/h3-5,8-9,12-13,17H,2,6-7,10-11H2,1H3. The number of hydrogen-bond donors (Lipinski definition) is 0. The molecule has 1 aromatic heterocycles. The van der Waals surface area contributed by atoms with Gasteiger partial charge in [0.05, 0.1) is 11.6 Å². The van der Waals surface area contributed by atoms with Crippen LogP contribution in [0.25, 0.3) is 0 Å². The number of nitrogens with zero attached hydrogens (tertiary/aromatic N) is 1. The number of aryl methyl sites for hydroxylation is 1. The number of rotatable bonds is 3. The van der Waals surface area contributed by atoms with Crippen molar-refractivity contribution in [3.8, 4) is 0 Å². The quantitative estimate of drug-likeness (QED) is 0.806. The summed E-state index contributed by atoms with van der Waals surface area (Å²) in [4.78, 5) is 16.2. The third kappa shape index (κ3) is 3.03. The highest BCUT2D eigenvalue weighted by atomic mass is 32.1. The van der Waals surface area contributed by atoms with Crippen molar-refractivity contribution in [2.75, 3.05) is 6.54 Å². The van der Waals surface area contributed by atoms with Crippen molar-refractivity contribution in [1.82, 2.24) is 4.90 Å². The number of likely N-dealkylation sites (tertiary alicyclic amines) is 1. The van der Waals surface area contributed by atoms with Gasteiger partial charge in [-0.25, -0.2) is 0 Å². The van der Waals surface area contributed by atoms with Gasteiger partial charge in [0.1, 0.15) is 0 Å². The molecule has 1 aliphatic rings. The van der Waals surface area contributed by atoms with Gasteiger partial charge in [0.25, 0.3) is 5.91 Å². The molecule has 3 heteroatoms. The Balaban J connectivity index is 1.85. The van der Waals surface area contributed by atoms with Gasteiger partial charge in [-0.15, -0.1) is 11.3 Å². The molecule has 0 spiro atoms. The summed E-state index contributed by atoms with van der Waals surface area (Å²) in [5.74, 6) is 0.194. The first-order chi connectivity index (χ1) is 10.3. The van der Waals surface area contributed by atoms with Gasteiger partial charge < -0.3 is 4.90 Å². The molecular formula is C18H21NOS. The predicted molar refractivity (Wildman–Crippen MR) is 87.8 cm³/mol. The summed E-state index contributed by atoms with van der Waals surface area (Å²) in [5.41, 5.74) is 2.12. The smallest absolute Gasteiger partial charge is 0.255 e. The van der Waals surface area contributed by atoms with E-state index in [1.807, 2.05) is 11.4 Å². The van der Waals surface area contributed by atoms with Crippen LogP contribution in [-0.2, 0) is 6.42 Å². The van der Waals surface area contributed by atoms with Gasteiger partial charge in [-0.3, -0.25) is 4.79 Å². The molecule has 1 unspecified atom stereocenters. The summed E-state index contributed by atoms with van der Waals surface area (Å²) in [5, 5.41) is 2.01. The van der Waals surface area contributed by atoms with Crippen molar-refractivity contribution in [2.24, 2.45) is 0 Å². The van der Waals surface area contributed by atoms with Crippen molar-refractivity contribution in [3.05, 3.63) is 57.8 Å². The van der Waals surface area contributed by atoms with Gasteiger partial charge in [-0.05, 0) is 37.3 Å². The zero-order valence-electron chi connectivity index (χ0n) is 12.4. The average Bonchev–Trinajstić information content (AvgIpc) is 3.04. The first-order valence-electron chi connectivity index (χ1n) is 7.73. The number of hydrogen-bond acceptors (Lipinski definition) is 2. The Kier molecular flexibility index (Phi) is 4.39. The molecule has 0 N–H and O–H groups in total. The molecule has 1 fully saturated rings. The van der Waals surface area contributed by atoms with Crippen molar-refractivity contribution < 1.29 is 4.79 Å². The van der Waals surface area contributed by atoms with Crippen LogP contribution in [0.3, 0.4) is 0 Å². The molecule has 1 aliphatic heterocycles. The van der Waals surface area contributed by atoms with Crippen LogP contribution in [0.4, 0.5) is 0 Å². The first-order valence-corrected chi connectivity index (χ1v) is 8.61. The third-order valence-electron chi connectivity index (χ3n) is 4.20. The minimum atomic E-state index is 0.194. The lowest BCUT2D eigenvalue weighted by atomic mass is 9.94. The van der Waals surface area contributed by atoms with Crippen LogP contribution in [0.15, 0.2) is 41.8 Å². The molecule has 0 saturated carbocycles. The number of amides is 1. The molecule has 0 aliphatic carbocycles. The normalized spacial score (nSPS) is 18.7. The van der Waals surface area contributed by atoms with Crippen molar-refractivity contribution in [1.29, 1.82) is 0 Å². The van der Waals surface area contributed by atoms with E-state index in [9.17, 15) is 4.79 Å². The fourth-order valence-corrected chi connectivity index (χ4v) is 3.85. The van der Waals surface area contributed by atoms with E-state index >= 15 is 0 Å². The van der Waals surface area contributed by atoms with Gasteiger partial charge in [0, 0.05) is 16.8 Å². The average molecular weight is 299 g/mol. The molecule has 2 heterocycles. The third-order valence-corrected chi connectivity index (χ3v) is 5.28. The van der Waals surface area contributed by atoms with E-state index in [0.29, 0.717) is 0 Å². The Bertz CT molecular complexity index is 605. The molecule has 2 aromatic rings. The number of benzene rings is 1. The Morgan fingerprint density at radius 2 is 2.10 bits per heavy atom. The van der Waals surface area contributed by atoms with E-state index in [4.69, 9.17) is 0 Å². The van der Waals surface area contributed by atoms with Crippen molar-refractivity contribution in [2.45, 2.75) is 38.6 Å². The lowest BCUT2D eigenvalue weighted by Gasteiger charge is -2.36. The molecule has 1 saturated heterocycles. The van der Waals surface area contributed by atoms with Crippen molar-refractivity contribution in [3.63, 3.8) is 0 Å². The van der Waals surface area contributed by atoms with Gasteiger partial charge in [-0.2, -0.15) is 0 Å². The first kappa shape index (κ1) is 14.3. The second-order valence-electron chi connectivity index (χ2n) is 5.58. The fourth-order valence-electron chi connectivity index (χ4n) is 3.04. The highest BCUT2D eigenvalue weighted by Crippen LogP contribution is 2.32. The maximum Gasteiger partial charge on any atom is 0.255 e. The number of piperidine rings is 1. The fraction of sp³-hybridized carbons (Fsp3) is 0.389. The number of carbonyl (C=O) groups is 1. The number of carbonyl (C=O) groups excluding carboxylic acids is 1. The molecule has 110 valence electrons. The van der Waals surface area contributed by atoms with Crippen molar-refractivity contribution >= 4 is 17.2 Å². The summed E-state index contributed by atoms with van der Waals surface area (Å²) >= 11 is 1.69. The lowest BCUT2D eigenvalue weighted by molar-refractivity contribution is 0.0612. The minimum Gasteiger partial charge on any atom is -0.332 e. The van der Waals surface area contributed by atoms with Gasteiger partial charge in [-0.1, -0.05) is 37.3 Å². The van der Waals surface area contributed by atoms with Crippen LogP contribution in [0.2, 0.25) is 0 Å². The largest absolute Gasteiger partial charge is 0.332 e. The van der Waals surface area contributed by atoms with Crippen LogP contribution < -0.4 is 0 Å². The Morgan fingerprint density at radius 3 is 2.81 bits per heavy atom. The Labute approximate surface area is 130 Å². The minimum absolute atomic E-state index is 0.194. The van der Waals surface area contributed by atoms with E-state index in [1.165, 1.54) is 16.9 Å². The van der Waals surface area contributed by atoms with Gasteiger partial charge in [0.15, 0.2) is 0 Å². The molecule has 2 nitrogen and oxygen atoms in total. The molecule has 1 atom stereocenters.